The summed E-state index contributed by atoms with van der Waals surface area (Å²) in [5.41, 5.74) is 0.480. The number of hydrogen-bond donors (Lipinski definition) is 2. The molecule has 1 atom stereocenters. The smallest absolute Gasteiger partial charge is 0.308 e. The lowest BCUT2D eigenvalue weighted by Gasteiger charge is -2.15. The minimum absolute atomic E-state index is 0.0687. The molecule has 0 fully saturated rings. The van der Waals surface area contributed by atoms with Crippen LogP contribution in [0.5, 0.6) is 5.75 Å². The lowest BCUT2D eigenvalue weighted by atomic mass is 10.2. The van der Waals surface area contributed by atoms with Crippen LogP contribution in [0.25, 0.3) is 0 Å². The Morgan fingerprint density at radius 2 is 1.92 bits per heavy atom. The van der Waals surface area contributed by atoms with Gasteiger partial charge in [-0.2, -0.15) is 0 Å². The molecule has 0 saturated carbocycles. The van der Waals surface area contributed by atoms with Crippen molar-refractivity contribution in [3.8, 4) is 5.75 Å². The van der Waals surface area contributed by atoms with Crippen molar-refractivity contribution in [3.63, 3.8) is 0 Å². The second-order valence-electron chi connectivity index (χ2n) is 5.30. The number of benzene rings is 1. The van der Waals surface area contributed by atoms with E-state index in [0.717, 1.165) is 0 Å². The summed E-state index contributed by atoms with van der Waals surface area (Å²) in [7, 11) is 1.49. The van der Waals surface area contributed by atoms with E-state index in [1.165, 1.54) is 26.4 Å². The molecule has 0 radical (unpaired) electrons. The number of carbonyl (C=O) groups is 3. The van der Waals surface area contributed by atoms with E-state index in [9.17, 15) is 14.4 Å². The summed E-state index contributed by atoms with van der Waals surface area (Å²) in [6.07, 6.45) is 0.317. The van der Waals surface area contributed by atoms with E-state index in [4.69, 9.17) is 13.9 Å². The molecule has 2 amide bonds. The number of methoxy groups -OCH3 is 1. The quantitative estimate of drug-likeness (QED) is 0.697. The number of ether oxygens (including phenoxy) is 2. The van der Waals surface area contributed by atoms with Crippen LogP contribution in [0.2, 0.25) is 0 Å². The van der Waals surface area contributed by atoms with Gasteiger partial charge in [-0.25, -0.2) is 0 Å². The topological polar surface area (TPSA) is 107 Å². The van der Waals surface area contributed by atoms with E-state index >= 15 is 0 Å². The SMILES string of the molecule is COc1ccccc1NC(=O)C(C)OC(=O)CCNC(=O)c1ccco1. The number of anilines is 1. The predicted molar refractivity (Wildman–Crippen MR) is 92.8 cm³/mol. The molecule has 2 rings (SSSR count). The molecule has 8 nitrogen and oxygen atoms in total. The predicted octanol–water partition coefficient (Wildman–Crippen LogP) is 1.98. The zero-order valence-electron chi connectivity index (χ0n) is 14.5. The number of para-hydroxylation sites is 2. The molecule has 0 bridgehead atoms. The highest BCUT2D eigenvalue weighted by atomic mass is 16.5. The second kappa shape index (κ2) is 9.26. The van der Waals surface area contributed by atoms with Gasteiger partial charge in [0.15, 0.2) is 11.9 Å². The largest absolute Gasteiger partial charge is 0.495 e. The van der Waals surface area contributed by atoms with Gasteiger partial charge in [-0.05, 0) is 31.2 Å². The Hall–Kier alpha value is -3.29. The van der Waals surface area contributed by atoms with E-state index in [-0.39, 0.29) is 18.7 Å². The van der Waals surface area contributed by atoms with Crippen molar-refractivity contribution in [1.29, 1.82) is 0 Å². The highest BCUT2D eigenvalue weighted by Crippen LogP contribution is 2.23. The highest BCUT2D eigenvalue weighted by Gasteiger charge is 2.19. The molecule has 8 heteroatoms. The standard InChI is InChI=1S/C18H20N2O6/c1-12(17(22)20-13-6-3-4-7-14(13)24-2)26-16(21)9-10-19-18(23)15-8-5-11-25-15/h3-8,11-12H,9-10H2,1-2H3,(H,19,23)(H,20,22). The van der Waals surface area contributed by atoms with Crippen molar-refractivity contribution in [3.05, 3.63) is 48.4 Å². The molecule has 1 unspecified atom stereocenters. The fourth-order valence-corrected chi connectivity index (χ4v) is 2.06. The van der Waals surface area contributed by atoms with E-state index in [1.807, 2.05) is 0 Å². The Labute approximate surface area is 150 Å². The van der Waals surface area contributed by atoms with Gasteiger partial charge < -0.3 is 24.5 Å². The summed E-state index contributed by atoms with van der Waals surface area (Å²) >= 11 is 0. The summed E-state index contributed by atoms with van der Waals surface area (Å²) in [6, 6.07) is 10.00. The Bertz CT molecular complexity index is 757. The first-order valence-electron chi connectivity index (χ1n) is 7.96. The Kier molecular flexibility index (Phi) is 6.78. The molecule has 1 heterocycles. The highest BCUT2D eigenvalue weighted by molar-refractivity contribution is 5.96. The summed E-state index contributed by atoms with van der Waals surface area (Å²) < 4.78 is 15.1. The molecule has 1 aromatic heterocycles. The van der Waals surface area contributed by atoms with Crippen LogP contribution in [0.15, 0.2) is 47.1 Å². The van der Waals surface area contributed by atoms with Gasteiger partial charge in [0.1, 0.15) is 5.75 Å². The van der Waals surface area contributed by atoms with Crippen LogP contribution in [0.3, 0.4) is 0 Å². The third kappa shape index (κ3) is 5.37. The first-order chi connectivity index (χ1) is 12.5. The molecule has 0 spiro atoms. The van der Waals surface area contributed by atoms with Crippen molar-refractivity contribution in [2.45, 2.75) is 19.4 Å². The molecule has 0 aliphatic carbocycles. The van der Waals surface area contributed by atoms with Gasteiger partial charge in [-0.15, -0.1) is 0 Å². The summed E-state index contributed by atoms with van der Waals surface area (Å²) in [5.74, 6) is -0.859. The van der Waals surface area contributed by atoms with E-state index < -0.39 is 23.9 Å². The summed E-state index contributed by atoms with van der Waals surface area (Å²) in [6.45, 7) is 1.53. The number of amides is 2. The Balaban J connectivity index is 1.75. The normalized spacial score (nSPS) is 11.3. The molecule has 0 aliphatic heterocycles. The van der Waals surface area contributed by atoms with Gasteiger partial charge in [0.25, 0.3) is 11.8 Å². The monoisotopic (exact) mass is 360 g/mol. The van der Waals surface area contributed by atoms with E-state index in [1.54, 1.807) is 30.3 Å². The fraction of sp³-hybridized carbons (Fsp3) is 0.278. The van der Waals surface area contributed by atoms with Crippen LogP contribution >= 0.6 is 0 Å². The molecule has 2 N–H and O–H groups in total. The average molecular weight is 360 g/mol. The average Bonchev–Trinajstić information content (AvgIpc) is 3.16. The number of hydrogen-bond acceptors (Lipinski definition) is 6. The molecule has 0 aliphatic rings. The van der Waals surface area contributed by atoms with Crippen molar-refractivity contribution in [2.75, 3.05) is 19.0 Å². The minimum Gasteiger partial charge on any atom is -0.495 e. The summed E-state index contributed by atoms with van der Waals surface area (Å²) in [5, 5.41) is 5.16. The number of furan rings is 1. The van der Waals surface area contributed by atoms with E-state index in [0.29, 0.717) is 11.4 Å². The van der Waals surface area contributed by atoms with Crippen LogP contribution in [-0.4, -0.2) is 37.5 Å². The van der Waals surface area contributed by atoms with Gasteiger partial charge in [0, 0.05) is 6.54 Å². The molecular formula is C18H20N2O6. The Morgan fingerprint density at radius 1 is 1.15 bits per heavy atom. The van der Waals surface area contributed by atoms with Crippen LogP contribution in [0.1, 0.15) is 23.9 Å². The van der Waals surface area contributed by atoms with Gasteiger partial charge in [0.2, 0.25) is 0 Å². The van der Waals surface area contributed by atoms with Crippen molar-refractivity contribution in [2.24, 2.45) is 0 Å². The second-order valence-corrected chi connectivity index (χ2v) is 5.30. The fourth-order valence-electron chi connectivity index (χ4n) is 2.06. The molecular weight excluding hydrogens is 340 g/mol. The molecule has 26 heavy (non-hydrogen) atoms. The number of esters is 1. The maximum atomic E-state index is 12.1. The van der Waals surface area contributed by atoms with Crippen molar-refractivity contribution < 1.29 is 28.3 Å². The van der Waals surface area contributed by atoms with Gasteiger partial charge in [0.05, 0.1) is 25.5 Å². The van der Waals surface area contributed by atoms with Gasteiger partial charge in [-0.3, -0.25) is 14.4 Å². The third-order valence-corrected chi connectivity index (χ3v) is 3.40. The van der Waals surface area contributed by atoms with Crippen LogP contribution < -0.4 is 15.4 Å². The molecule has 138 valence electrons. The maximum absolute atomic E-state index is 12.1. The van der Waals surface area contributed by atoms with Gasteiger partial charge in [-0.1, -0.05) is 12.1 Å². The van der Waals surface area contributed by atoms with Crippen molar-refractivity contribution >= 4 is 23.5 Å². The number of nitrogens with one attached hydrogen (secondary N) is 2. The summed E-state index contributed by atoms with van der Waals surface area (Å²) in [4.78, 5) is 35.6. The lowest BCUT2D eigenvalue weighted by Crippen LogP contribution is -2.32. The first-order valence-corrected chi connectivity index (χ1v) is 7.96. The zero-order valence-corrected chi connectivity index (χ0v) is 14.5. The lowest BCUT2D eigenvalue weighted by molar-refractivity contribution is -0.153. The minimum atomic E-state index is -0.992. The first kappa shape index (κ1) is 19.0. The number of rotatable bonds is 8. The zero-order chi connectivity index (χ0) is 18.9. The molecule has 2 aromatic rings. The molecule has 1 aromatic carbocycles. The van der Waals surface area contributed by atoms with Crippen LogP contribution in [0.4, 0.5) is 5.69 Å². The maximum Gasteiger partial charge on any atom is 0.308 e. The van der Waals surface area contributed by atoms with Crippen molar-refractivity contribution in [1.82, 2.24) is 5.32 Å². The molecule has 0 saturated heterocycles. The number of carbonyl (C=O) groups excluding carboxylic acids is 3. The third-order valence-electron chi connectivity index (χ3n) is 3.40. The van der Waals surface area contributed by atoms with Gasteiger partial charge >= 0.3 is 5.97 Å². The Morgan fingerprint density at radius 3 is 2.62 bits per heavy atom. The van der Waals surface area contributed by atoms with E-state index in [2.05, 4.69) is 10.6 Å². The van der Waals surface area contributed by atoms with Crippen LogP contribution in [0, 0.1) is 0 Å². The van der Waals surface area contributed by atoms with Crippen LogP contribution in [-0.2, 0) is 14.3 Å².